The molecule has 18 heavy (non-hydrogen) atoms. The molecule has 0 amide bonds. The first-order valence-electron chi connectivity index (χ1n) is 5.97. The molecule has 0 spiro atoms. The number of nitrogens with zero attached hydrogens (tertiary/aromatic N) is 2. The molecule has 0 radical (unpaired) electrons. The number of aromatic nitrogens is 2. The Hall–Kier alpha value is -1.61. The Morgan fingerprint density at radius 1 is 1.06 bits per heavy atom. The quantitative estimate of drug-likeness (QED) is 0.912. The minimum atomic E-state index is 0.723. The summed E-state index contributed by atoms with van der Waals surface area (Å²) < 4.78 is 0. The average molecular weight is 262 g/mol. The molecule has 3 nitrogen and oxygen atoms in total. The molecular formula is C14H16ClN3. The largest absolute Gasteiger partial charge is 0.369 e. The van der Waals surface area contributed by atoms with Crippen LogP contribution in [0.4, 0.5) is 5.82 Å². The maximum absolute atomic E-state index is 5.90. The van der Waals surface area contributed by atoms with Crippen LogP contribution in [0.3, 0.4) is 0 Å². The number of hydrogen-bond acceptors (Lipinski definition) is 3. The maximum atomic E-state index is 5.90. The second kappa shape index (κ2) is 5.36. The summed E-state index contributed by atoms with van der Waals surface area (Å²) in [7, 11) is 0. The van der Waals surface area contributed by atoms with Gasteiger partial charge >= 0.3 is 0 Å². The molecule has 0 aliphatic carbocycles. The van der Waals surface area contributed by atoms with Gasteiger partial charge in [0.2, 0.25) is 0 Å². The van der Waals surface area contributed by atoms with Crippen LogP contribution >= 0.6 is 11.6 Å². The Kier molecular flexibility index (Phi) is 3.82. The van der Waals surface area contributed by atoms with E-state index in [9.17, 15) is 0 Å². The molecule has 0 atom stereocenters. The Morgan fingerprint density at radius 3 is 2.28 bits per heavy atom. The van der Waals surface area contributed by atoms with Gasteiger partial charge in [0.15, 0.2) is 5.82 Å². The van der Waals surface area contributed by atoms with E-state index in [4.69, 9.17) is 11.6 Å². The molecule has 1 heterocycles. The van der Waals surface area contributed by atoms with E-state index >= 15 is 0 Å². The van der Waals surface area contributed by atoms with Crippen LogP contribution in [0.2, 0.25) is 5.02 Å². The van der Waals surface area contributed by atoms with Gasteiger partial charge < -0.3 is 5.32 Å². The van der Waals surface area contributed by atoms with E-state index in [-0.39, 0.29) is 0 Å². The molecule has 0 saturated carbocycles. The van der Waals surface area contributed by atoms with Gasteiger partial charge in [0.1, 0.15) is 5.69 Å². The van der Waals surface area contributed by atoms with Gasteiger partial charge in [-0.25, -0.2) is 9.97 Å². The number of benzene rings is 1. The lowest BCUT2D eigenvalue weighted by atomic mass is 10.1. The van der Waals surface area contributed by atoms with Crippen molar-refractivity contribution in [3.8, 4) is 11.3 Å². The first kappa shape index (κ1) is 12.8. The van der Waals surface area contributed by atoms with Crippen LogP contribution in [-0.4, -0.2) is 16.5 Å². The van der Waals surface area contributed by atoms with Crippen LogP contribution in [0.25, 0.3) is 11.3 Å². The molecule has 4 heteroatoms. The Morgan fingerprint density at radius 2 is 1.67 bits per heavy atom. The SMILES string of the molecule is CCNc1nc(C)c(C)nc1-c1ccc(Cl)cc1. The predicted octanol–water partition coefficient (Wildman–Crippen LogP) is 3.85. The molecule has 0 saturated heterocycles. The van der Waals surface area contributed by atoms with Gasteiger partial charge in [-0.05, 0) is 32.9 Å². The summed E-state index contributed by atoms with van der Waals surface area (Å²) in [6, 6.07) is 7.65. The third-order valence-corrected chi connectivity index (χ3v) is 3.02. The molecule has 2 rings (SSSR count). The molecule has 1 N–H and O–H groups in total. The van der Waals surface area contributed by atoms with Gasteiger partial charge in [-0.3, -0.25) is 0 Å². The van der Waals surface area contributed by atoms with Crippen LogP contribution in [0, 0.1) is 13.8 Å². The number of anilines is 1. The zero-order valence-electron chi connectivity index (χ0n) is 10.8. The maximum Gasteiger partial charge on any atom is 0.152 e. The summed E-state index contributed by atoms with van der Waals surface area (Å²) in [5.41, 5.74) is 3.79. The Bertz CT molecular complexity index is 550. The van der Waals surface area contributed by atoms with Crippen LogP contribution < -0.4 is 5.32 Å². The third kappa shape index (κ3) is 2.62. The van der Waals surface area contributed by atoms with Gasteiger partial charge in [0, 0.05) is 17.1 Å². The van der Waals surface area contributed by atoms with Crippen molar-refractivity contribution < 1.29 is 0 Å². The Labute approximate surface area is 112 Å². The molecule has 2 aromatic rings. The van der Waals surface area contributed by atoms with Gasteiger partial charge in [-0.2, -0.15) is 0 Å². The topological polar surface area (TPSA) is 37.8 Å². The first-order chi connectivity index (χ1) is 8.61. The van der Waals surface area contributed by atoms with Crippen LogP contribution in [0.1, 0.15) is 18.3 Å². The predicted molar refractivity (Wildman–Crippen MR) is 76.1 cm³/mol. The normalized spacial score (nSPS) is 10.4. The number of aryl methyl sites for hydroxylation is 2. The lowest BCUT2D eigenvalue weighted by Gasteiger charge is -2.11. The molecular weight excluding hydrogens is 246 g/mol. The summed E-state index contributed by atoms with van der Waals surface area (Å²) in [4.78, 5) is 9.18. The van der Waals surface area contributed by atoms with E-state index < -0.39 is 0 Å². The fourth-order valence-corrected chi connectivity index (χ4v) is 1.83. The van der Waals surface area contributed by atoms with E-state index in [1.165, 1.54) is 0 Å². The minimum absolute atomic E-state index is 0.723. The molecule has 0 fully saturated rings. The summed E-state index contributed by atoms with van der Waals surface area (Å²) in [5.74, 6) is 0.822. The van der Waals surface area contributed by atoms with Crippen LogP contribution in [-0.2, 0) is 0 Å². The summed E-state index contributed by atoms with van der Waals surface area (Å²) in [6.07, 6.45) is 0. The van der Waals surface area contributed by atoms with Gasteiger partial charge in [0.05, 0.1) is 11.4 Å². The van der Waals surface area contributed by atoms with Crippen molar-refractivity contribution in [3.63, 3.8) is 0 Å². The highest BCUT2D eigenvalue weighted by atomic mass is 35.5. The highest BCUT2D eigenvalue weighted by Gasteiger charge is 2.10. The molecule has 0 aliphatic rings. The number of rotatable bonds is 3. The molecule has 1 aromatic heterocycles. The van der Waals surface area contributed by atoms with E-state index in [0.29, 0.717) is 0 Å². The van der Waals surface area contributed by atoms with Crippen molar-refractivity contribution in [1.82, 2.24) is 9.97 Å². The van der Waals surface area contributed by atoms with E-state index in [1.807, 2.05) is 45.0 Å². The smallest absolute Gasteiger partial charge is 0.152 e. The fourth-order valence-electron chi connectivity index (χ4n) is 1.70. The summed E-state index contributed by atoms with van der Waals surface area (Å²) in [5, 5.41) is 3.97. The van der Waals surface area contributed by atoms with Gasteiger partial charge in [-0.15, -0.1) is 0 Å². The fraction of sp³-hybridized carbons (Fsp3) is 0.286. The van der Waals surface area contributed by atoms with Crippen LogP contribution in [0.15, 0.2) is 24.3 Å². The second-order valence-electron chi connectivity index (χ2n) is 4.13. The summed E-state index contributed by atoms with van der Waals surface area (Å²) in [6.45, 7) is 6.80. The monoisotopic (exact) mass is 261 g/mol. The molecule has 0 aliphatic heterocycles. The zero-order chi connectivity index (χ0) is 13.1. The average Bonchev–Trinajstić information content (AvgIpc) is 2.35. The van der Waals surface area contributed by atoms with Crippen molar-refractivity contribution >= 4 is 17.4 Å². The minimum Gasteiger partial charge on any atom is -0.369 e. The standard InChI is InChI=1S/C14H16ClN3/c1-4-16-14-13(17-9(2)10(3)18-14)11-5-7-12(15)8-6-11/h5-8H,4H2,1-3H3,(H,16,18). The van der Waals surface area contributed by atoms with Crippen LogP contribution in [0.5, 0.6) is 0 Å². The van der Waals surface area contributed by atoms with Gasteiger partial charge in [0.25, 0.3) is 0 Å². The molecule has 94 valence electrons. The number of halogens is 1. The molecule has 1 aromatic carbocycles. The highest BCUT2D eigenvalue weighted by molar-refractivity contribution is 6.30. The number of hydrogen-bond donors (Lipinski definition) is 1. The number of nitrogens with one attached hydrogen (secondary N) is 1. The first-order valence-corrected chi connectivity index (χ1v) is 6.34. The van der Waals surface area contributed by atoms with Crippen molar-refractivity contribution in [1.29, 1.82) is 0 Å². The summed E-state index contributed by atoms with van der Waals surface area (Å²) >= 11 is 5.90. The van der Waals surface area contributed by atoms with Crippen molar-refractivity contribution in [2.24, 2.45) is 0 Å². The molecule has 0 unspecified atom stereocenters. The van der Waals surface area contributed by atoms with Crippen molar-refractivity contribution in [2.75, 3.05) is 11.9 Å². The van der Waals surface area contributed by atoms with Crippen molar-refractivity contribution in [3.05, 3.63) is 40.7 Å². The lowest BCUT2D eigenvalue weighted by Crippen LogP contribution is -2.06. The highest BCUT2D eigenvalue weighted by Crippen LogP contribution is 2.26. The van der Waals surface area contributed by atoms with E-state index in [0.717, 1.165) is 40.0 Å². The molecule has 0 bridgehead atoms. The zero-order valence-corrected chi connectivity index (χ0v) is 11.5. The van der Waals surface area contributed by atoms with E-state index in [1.54, 1.807) is 0 Å². The third-order valence-electron chi connectivity index (χ3n) is 2.77. The van der Waals surface area contributed by atoms with E-state index in [2.05, 4.69) is 15.3 Å². The van der Waals surface area contributed by atoms with Gasteiger partial charge in [-0.1, -0.05) is 23.7 Å². The lowest BCUT2D eigenvalue weighted by molar-refractivity contribution is 1.03. The Balaban J connectivity index is 2.54. The second-order valence-corrected chi connectivity index (χ2v) is 4.57. The van der Waals surface area contributed by atoms with Crippen molar-refractivity contribution in [2.45, 2.75) is 20.8 Å².